The van der Waals surface area contributed by atoms with E-state index in [-0.39, 0.29) is 29.8 Å². The molecule has 0 heterocycles. The van der Waals surface area contributed by atoms with Gasteiger partial charge in [0, 0.05) is 31.7 Å². The molecule has 1 aliphatic carbocycles. The Labute approximate surface area is 162 Å². The molecule has 4 nitrogen and oxygen atoms in total. The molecule has 6 heteroatoms. The first-order chi connectivity index (χ1) is 11.1. The van der Waals surface area contributed by atoms with Crippen LogP contribution in [-0.4, -0.2) is 38.0 Å². The van der Waals surface area contributed by atoms with E-state index in [1.807, 2.05) is 31.1 Å². The lowest BCUT2D eigenvalue weighted by molar-refractivity contribution is 0.392. The number of hydrogen-bond acceptors (Lipinski definition) is 2. The van der Waals surface area contributed by atoms with Gasteiger partial charge in [0.2, 0.25) is 0 Å². The van der Waals surface area contributed by atoms with Gasteiger partial charge in [0.25, 0.3) is 0 Å². The highest BCUT2D eigenvalue weighted by atomic mass is 127. The Balaban J connectivity index is 0.00000288. The number of benzene rings is 1. The van der Waals surface area contributed by atoms with Gasteiger partial charge in [-0.05, 0) is 44.6 Å². The van der Waals surface area contributed by atoms with E-state index in [0.29, 0.717) is 19.1 Å². The molecule has 1 aromatic carbocycles. The van der Waals surface area contributed by atoms with Gasteiger partial charge in [-0.25, -0.2) is 4.39 Å². The molecule has 0 saturated heterocycles. The fourth-order valence-electron chi connectivity index (χ4n) is 3.02. The van der Waals surface area contributed by atoms with E-state index in [0.717, 1.165) is 17.1 Å². The van der Waals surface area contributed by atoms with Gasteiger partial charge in [0.1, 0.15) is 5.82 Å². The second-order valence-corrected chi connectivity index (χ2v) is 6.57. The van der Waals surface area contributed by atoms with E-state index in [2.05, 4.69) is 15.6 Å². The first kappa shape index (κ1) is 21.2. The van der Waals surface area contributed by atoms with Gasteiger partial charge in [-0.3, -0.25) is 4.99 Å². The third kappa shape index (κ3) is 6.93. The van der Waals surface area contributed by atoms with Crippen LogP contribution in [0, 0.1) is 5.82 Å². The van der Waals surface area contributed by atoms with Crippen molar-refractivity contribution in [3.8, 4) is 0 Å². The summed E-state index contributed by atoms with van der Waals surface area (Å²) in [5.41, 5.74) is 1.79. The van der Waals surface area contributed by atoms with E-state index in [1.165, 1.54) is 32.1 Å². The first-order valence-electron chi connectivity index (χ1n) is 8.47. The largest absolute Gasteiger partial charge is 0.354 e. The van der Waals surface area contributed by atoms with Crippen LogP contribution in [0.25, 0.3) is 0 Å². The summed E-state index contributed by atoms with van der Waals surface area (Å²) in [5.74, 6) is 0.683. The predicted molar refractivity (Wildman–Crippen MR) is 109 cm³/mol. The van der Waals surface area contributed by atoms with Crippen molar-refractivity contribution in [1.82, 2.24) is 15.5 Å². The van der Waals surface area contributed by atoms with Crippen LogP contribution < -0.4 is 10.6 Å². The molecule has 0 amide bonds. The molecule has 24 heavy (non-hydrogen) atoms. The molecular weight excluding hydrogens is 418 g/mol. The van der Waals surface area contributed by atoms with Crippen molar-refractivity contribution in [1.29, 1.82) is 0 Å². The topological polar surface area (TPSA) is 39.7 Å². The second-order valence-electron chi connectivity index (χ2n) is 6.57. The maximum atomic E-state index is 13.8. The van der Waals surface area contributed by atoms with Crippen LogP contribution in [0.4, 0.5) is 4.39 Å². The Kier molecular flexibility index (Phi) is 9.58. The maximum absolute atomic E-state index is 13.8. The minimum absolute atomic E-state index is 0. The molecule has 1 fully saturated rings. The van der Waals surface area contributed by atoms with Crippen molar-refractivity contribution in [2.75, 3.05) is 21.1 Å². The number of nitrogens with one attached hydrogen (secondary N) is 2. The van der Waals surface area contributed by atoms with Gasteiger partial charge in [0.15, 0.2) is 5.96 Å². The Hall–Kier alpha value is -0.890. The zero-order valence-corrected chi connectivity index (χ0v) is 17.3. The SMILES string of the molecule is CN=C(NCc1ccc(F)c(CN(C)C)c1)NC1CCCCC1.I. The Morgan fingerprint density at radius 2 is 1.96 bits per heavy atom. The number of hydrogen-bond donors (Lipinski definition) is 2. The molecule has 1 aliphatic rings. The number of rotatable bonds is 5. The van der Waals surface area contributed by atoms with Crippen LogP contribution in [-0.2, 0) is 13.1 Å². The number of aliphatic imine (C=N–C) groups is 1. The molecule has 0 unspecified atom stereocenters. The van der Waals surface area contributed by atoms with Crippen LogP contribution in [0.15, 0.2) is 23.2 Å². The number of halogens is 2. The highest BCUT2D eigenvalue weighted by molar-refractivity contribution is 14.0. The van der Waals surface area contributed by atoms with Crippen LogP contribution in [0.3, 0.4) is 0 Å². The fourth-order valence-corrected chi connectivity index (χ4v) is 3.02. The third-order valence-corrected chi connectivity index (χ3v) is 4.23. The summed E-state index contributed by atoms with van der Waals surface area (Å²) < 4.78 is 13.8. The lowest BCUT2D eigenvalue weighted by Crippen LogP contribution is -2.43. The number of guanidine groups is 1. The Bertz CT molecular complexity index is 528. The molecule has 0 radical (unpaired) electrons. The lowest BCUT2D eigenvalue weighted by atomic mass is 9.96. The summed E-state index contributed by atoms with van der Waals surface area (Å²) in [7, 11) is 5.68. The summed E-state index contributed by atoms with van der Waals surface area (Å²) in [6.45, 7) is 1.25. The maximum Gasteiger partial charge on any atom is 0.191 e. The second kappa shape index (κ2) is 10.9. The molecular formula is C18H30FIN4. The van der Waals surface area contributed by atoms with Crippen LogP contribution in [0.2, 0.25) is 0 Å². The summed E-state index contributed by atoms with van der Waals surface area (Å²) >= 11 is 0. The first-order valence-corrected chi connectivity index (χ1v) is 8.47. The average molecular weight is 448 g/mol. The standard InChI is InChI=1S/C18H29FN4.HI/c1-20-18(22-16-7-5-4-6-8-16)21-12-14-9-10-17(19)15(11-14)13-23(2)3;/h9-11,16H,4-8,12-13H2,1-3H3,(H2,20,21,22);1H. The average Bonchev–Trinajstić information content (AvgIpc) is 2.54. The van der Waals surface area contributed by atoms with Crippen molar-refractivity contribution in [2.45, 2.75) is 51.2 Å². The van der Waals surface area contributed by atoms with E-state index < -0.39 is 0 Å². The minimum Gasteiger partial charge on any atom is -0.354 e. The summed E-state index contributed by atoms with van der Waals surface area (Å²) in [6, 6.07) is 5.83. The van der Waals surface area contributed by atoms with Gasteiger partial charge in [-0.2, -0.15) is 0 Å². The summed E-state index contributed by atoms with van der Waals surface area (Å²) in [5, 5.41) is 6.83. The van der Waals surface area contributed by atoms with Crippen molar-refractivity contribution in [3.63, 3.8) is 0 Å². The molecule has 2 rings (SSSR count). The van der Waals surface area contributed by atoms with Crippen LogP contribution in [0.1, 0.15) is 43.2 Å². The Morgan fingerprint density at radius 1 is 1.25 bits per heavy atom. The minimum atomic E-state index is -0.146. The molecule has 1 saturated carbocycles. The van der Waals surface area contributed by atoms with Crippen molar-refractivity contribution >= 4 is 29.9 Å². The van der Waals surface area contributed by atoms with E-state index >= 15 is 0 Å². The highest BCUT2D eigenvalue weighted by Crippen LogP contribution is 2.17. The van der Waals surface area contributed by atoms with Crippen LogP contribution in [0.5, 0.6) is 0 Å². The quantitative estimate of drug-likeness (QED) is 0.412. The highest BCUT2D eigenvalue weighted by Gasteiger charge is 2.14. The van der Waals surface area contributed by atoms with E-state index in [1.54, 1.807) is 13.1 Å². The summed E-state index contributed by atoms with van der Waals surface area (Å²) in [4.78, 5) is 6.27. The zero-order chi connectivity index (χ0) is 16.7. The third-order valence-electron chi connectivity index (χ3n) is 4.23. The summed E-state index contributed by atoms with van der Waals surface area (Å²) in [6.07, 6.45) is 6.35. The molecule has 0 bridgehead atoms. The van der Waals surface area contributed by atoms with Gasteiger partial charge in [-0.1, -0.05) is 25.3 Å². The molecule has 0 aliphatic heterocycles. The smallest absolute Gasteiger partial charge is 0.191 e. The Morgan fingerprint density at radius 3 is 2.58 bits per heavy atom. The number of nitrogens with zero attached hydrogens (tertiary/aromatic N) is 2. The lowest BCUT2D eigenvalue weighted by Gasteiger charge is -2.25. The van der Waals surface area contributed by atoms with Gasteiger partial charge in [-0.15, -0.1) is 24.0 Å². The van der Waals surface area contributed by atoms with Gasteiger partial charge >= 0.3 is 0 Å². The van der Waals surface area contributed by atoms with E-state index in [4.69, 9.17) is 0 Å². The molecule has 0 spiro atoms. The molecule has 1 aromatic rings. The molecule has 0 aromatic heterocycles. The van der Waals surface area contributed by atoms with Gasteiger partial charge < -0.3 is 15.5 Å². The zero-order valence-electron chi connectivity index (χ0n) is 14.9. The fraction of sp³-hybridized carbons (Fsp3) is 0.611. The van der Waals surface area contributed by atoms with E-state index in [9.17, 15) is 4.39 Å². The van der Waals surface area contributed by atoms with Crippen molar-refractivity contribution in [3.05, 3.63) is 35.1 Å². The molecule has 2 N–H and O–H groups in total. The monoisotopic (exact) mass is 448 g/mol. The molecule has 136 valence electrons. The van der Waals surface area contributed by atoms with Crippen molar-refractivity contribution in [2.24, 2.45) is 4.99 Å². The van der Waals surface area contributed by atoms with Crippen molar-refractivity contribution < 1.29 is 4.39 Å². The van der Waals surface area contributed by atoms with Crippen LogP contribution >= 0.6 is 24.0 Å². The van der Waals surface area contributed by atoms with Gasteiger partial charge in [0.05, 0.1) is 0 Å². The normalized spacial score (nSPS) is 16.0. The molecule has 0 atom stereocenters. The predicted octanol–water partition coefficient (Wildman–Crippen LogP) is 3.50.